The lowest BCUT2D eigenvalue weighted by Gasteiger charge is -2.14. The Morgan fingerprint density at radius 3 is 1.95 bits per heavy atom. The molecule has 0 bridgehead atoms. The molecule has 19 heavy (non-hydrogen) atoms. The standard InChI is InChI=1S/C12H19O6P/c1-5-17-11(13)9(7-19(15)16)10(8(3)4)12(14)18-6-2/h8H,5-7H2,1-4H3/b10-9+. The van der Waals surface area contributed by atoms with Crippen LogP contribution in [0.5, 0.6) is 0 Å². The highest BCUT2D eigenvalue weighted by Gasteiger charge is 2.28. The topological polar surface area (TPSA) is 92.7 Å². The molecule has 108 valence electrons. The minimum absolute atomic E-state index is 0.0551. The Hall–Kier alpha value is -1.26. The van der Waals surface area contributed by atoms with Gasteiger partial charge >= 0.3 is 20.0 Å². The minimum Gasteiger partial charge on any atom is -0.595 e. The maximum absolute atomic E-state index is 11.8. The van der Waals surface area contributed by atoms with E-state index < -0.39 is 26.1 Å². The van der Waals surface area contributed by atoms with Crippen LogP contribution in [0, 0.1) is 5.92 Å². The van der Waals surface area contributed by atoms with Gasteiger partial charge in [0.2, 0.25) is 0 Å². The van der Waals surface area contributed by atoms with Gasteiger partial charge in [0, 0.05) is 0 Å². The first-order valence-electron chi connectivity index (χ1n) is 6.04. The molecule has 0 rings (SSSR count). The molecule has 0 saturated heterocycles. The van der Waals surface area contributed by atoms with E-state index in [1.807, 2.05) is 0 Å². The zero-order valence-corrected chi connectivity index (χ0v) is 12.5. The van der Waals surface area contributed by atoms with E-state index in [1.54, 1.807) is 27.7 Å². The number of ether oxygens (including phenoxy) is 2. The molecule has 0 aliphatic rings. The van der Waals surface area contributed by atoms with Crippen LogP contribution in [0.4, 0.5) is 0 Å². The van der Waals surface area contributed by atoms with Crippen LogP contribution in [0.1, 0.15) is 27.7 Å². The normalized spacial score (nSPS) is 12.8. The van der Waals surface area contributed by atoms with Gasteiger partial charge in [-0.25, -0.2) is 9.59 Å². The molecule has 0 radical (unpaired) electrons. The Labute approximate surface area is 113 Å². The fourth-order valence-electron chi connectivity index (χ4n) is 1.52. The summed E-state index contributed by atoms with van der Waals surface area (Å²) >= 11 is 0. The molecule has 0 saturated carbocycles. The lowest BCUT2D eigenvalue weighted by molar-refractivity contribution is -0.164. The fourth-order valence-corrected chi connectivity index (χ4v) is 2.08. The first-order chi connectivity index (χ1) is 8.84. The summed E-state index contributed by atoms with van der Waals surface area (Å²) in [6, 6.07) is 0. The van der Waals surface area contributed by atoms with Crippen LogP contribution in [0.25, 0.3) is 0 Å². The van der Waals surface area contributed by atoms with E-state index in [2.05, 4.69) is 0 Å². The van der Waals surface area contributed by atoms with Crippen molar-refractivity contribution < 1.29 is 28.5 Å². The molecule has 0 aromatic rings. The molecule has 0 aliphatic carbocycles. The number of hydrogen-bond donors (Lipinski definition) is 0. The SMILES string of the molecule is CCOC(=O)/C(C[P+](=O)[O-])=C(/C(=O)OCC)C(C)C. The maximum atomic E-state index is 11.8. The predicted molar refractivity (Wildman–Crippen MR) is 67.6 cm³/mol. The molecule has 0 aromatic carbocycles. The molecule has 0 spiro atoms. The summed E-state index contributed by atoms with van der Waals surface area (Å²) in [5.74, 6) is -1.82. The van der Waals surface area contributed by atoms with Gasteiger partial charge in [-0.05, 0) is 19.8 Å². The molecule has 0 heterocycles. The molecule has 0 fully saturated rings. The summed E-state index contributed by atoms with van der Waals surface area (Å²) < 4.78 is 20.5. The largest absolute Gasteiger partial charge is 0.595 e. The molecule has 1 atom stereocenters. The average molecular weight is 290 g/mol. The number of hydrogen-bond acceptors (Lipinski definition) is 6. The maximum Gasteiger partial charge on any atom is 0.338 e. The minimum atomic E-state index is -2.84. The van der Waals surface area contributed by atoms with Crippen molar-refractivity contribution >= 4 is 20.0 Å². The molecule has 1 unspecified atom stereocenters. The van der Waals surface area contributed by atoms with Gasteiger partial charge in [0.1, 0.15) is 0 Å². The first kappa shape index (κ1) is 17.7. The van der Waals surface area contributed by atoms with Crippen molar-refractivity contribution in [2.75, 3.05) is 19.4 Å². The van der Waals surface area contributed by atoms with Crippen LogP contribution < -0.4 is 4.89 Å². The highest BCUT2D eigenvalue weighted by atomic mass is 31.1. The number of carbonyl (C=O) groups excluding carboxylic acids is 2. The fraction of sp³-hybridized carbons (Fsp3) is 0.667. The summed E-state index contributed by atoms with van der Waals surface area (Å²) in [7, 11) is -2.84. The van der Waals surface area contributed by atoms with Gasteiger partial charge < -0.3 is 14.4 Å². The second-order valence-electron chi connectivity index (χ2n) is 3.98. The summed E-state index contributed by atoms with van der Waals surface area (Å²) in [4.78, 5) is 34.5. The highest BCUT2D eigenvalue weighted by Crippen LogP contribution is 2.24. The van der Waals surface area contributed by atoms with Crippen LogP contribution in [0.3, 0.4) is 0 Å². The summed E-state index contributed by atoms with van der Waals surface area (Å²) in [5, 5.41) is 0. The molecular formula is C12H19O6P. The van der Waals surface area contributed by atoms with Crippen molar-refractivity contribution in [1.82, 2.24) is 0 Å². The van der Waals surface area contributed by atoms with Gasteiger partial charge in [-0.15, -0.1) is 0 Å². The molecule has 0 aromatic heterocycles. The Morgan fingerprint density at radius 2 is 1.58 bits per heavy atom. The smallest absolute Gasteiger partial charge is 0.338 e. The first-order valence-corrected chi connectivity index (χ1v) is 7.40. The van der Waals surface area contributed by atoms with Crippen molar-refractivity contribution in [3.63, 3.8) is 0 Å². The zero-order valence-electron chi connectivity index (χ0n) is 11.6. The third-order valence-corrected chi connectivity index (χ3v) is 2.78. The van der Waals surface area contributed by atoms with Crippen molar-refractivity contribution in [1.29, 1.82) is 0 Å². The third kappa shape index (κ3) is 5.94. The highest BCUT2D eigenvalue weighted by molar-refractivity contribution is 7.36. The molecular weight excluding hydrogens is 271 g/mol. The summed E-state index contributed by atoms with van der Waals surface area (Å²) in [6.07, 6.45) is -0.527. The van der Waals surface area contributed by atoms with Gasteiger partial charge in [0.15, 0.2) is 6.16 Å². The summed E-state index contributed by atoms with van der Waals surface area (Å²) in [6.45, 7) is 6.85. The van der Waals surface area contributed by atoms with Gasteiger partial charge in [-0.2, -0.15) is 0 Å². The molecule has 6 nitrogen and oxygen atoms in total. The molecule has 0 N–H and O–H groups in total. The van der Waals surface area contributed by atoms with Crippen LogP contribution in [0.15, 0.2) is 11.1 Å². The average Bonchev–Trinajstić information content (AvgIpc) is 2.27. The van der Waals surface area contributed by atoms with E-state index in [0.29, 0.717) is 0 Å². The Balaban J connectivity index is 5.62. The lowest BCUT2D eigenvalue weighted by Crippen LogP contribution is -2.22. The number of esters is 2. The van der Waals surface area contributed by atoms with E-state index in [0.717, 1.165) is 0 Å². The van der Waals surface area contributed by atoms with Crippen molar-refractivity contribution in [3.8, 4) is 0 Å². The van der Waals surface area contributed by atoms with Gasteiger partial charge in [0.05, 0.1) is 24.4 Å². The Morgan fingerprint density at radius 1 is 1.11 bits per heavy atom. The van der Waals surface area contributed by atoms with E-state index in [-0.39, 0.29) is 30.3 Å². The van der Waals surface area contributed by atoms with Crippen molar-refractivity contribution in [3.05, 3.63) is 11.1 Å². The van der Waals surface area contributed by atoms with Crippen LogP contribution in [0.2, 0.25) is 0 Å². The lowest BCUT2D eigenvalue weighted by atomic mass is 9.98. The van der Waals surface area contributed by atoms with E-state index in [4.69, 9.17) is 9.47 Å². The van der Waals surface area contributed by atoms with Gasteiger partial charge in [0.25, 0.3) is 0 Å². The third-order valence-electron chi connectivity index (χ3n) is 2.21. The van der Waals surface area contributed by atoms with Crippen LogP contribution >= 0.6 is 8.03 Å². The van der Waals surface area contributed by atoms with Gasteiger partial charge in [-0.1, -0.05) is 18.4 Å². The zero-order chi connectivity index (χ0) is 15.0. The molecule has 7 heteroatoms. The van der Waals surface area contributed by atoms with E-state index in [1.165, 1.54) is 0 Å². The quantitative estimate of drug-likeness (QED) is 0.397. The Kier molecular flexibility index (Phi) is 8.19. The summed E-state index contributed by atoms with van der Waals surface area (Å²) in [5.41, 5.74) is -0.0917. The van der Waals surface area contributed by atoms with Crippen molar-refractivity contribution in [2.24, 2.45) is 5.92 Å². The Bertz CT molecular complexity index is 386. The molecule has 0 amide bonds. The number of carbonyl (C=O) groups is 2. The van der Waals surface area contributed by atoms with Crippen LogP contribution in [-0.4, -0.2) is 31.3 Å². The predicted octanol–water partition coefficient (Wildman–Crippen LogP) is 1.17. The number of rotatable bonds is 7. The van der Waals surface area contributed by atoms with Crippen molar-refractivity contribution in [2.45, 2.75) is 27.7 Å². The van der Waals surface area contributed by atoms with Gasteiger partial charge in [-0.3, -0.25) is 0 Å². The monoisotopic (exact) mass is 290 g/mol. The second kappa shape index (κ2) is 8.77. The molecule has 0 aliphatic heterocycles. The second-order valence-corrected chi connectivity index (χ2v) is 4.96. The van der Waals surface area contributed by atoms with E-state index in [9.17, 15) is 19.0 Å². The van der Waals surface area contributed by atoms with E-state index >= 15 is 0 Å². The van der Waals surface area contributed by atoms with Crippen LogP contribution in [-0.2, 0) is 23.6 Å².